The fraction of sp³-hybridized carbons (Fsp3) is 0.700. The number of aromatic amines is 1. The molecule has 1 aliphatic rings. The van der Waals surface area contributed by atoms with Crippen molar-refractivity contribution in [2.24, 2.45) is 5.73 Å². The van der Waals surface area contributed by atoms with Crippen LogP contribution in [-0.2, 0) is 19.3 Å². The van der Waals surface area contributed by atoms with E-state index in [2.05, 4.69) is 10.2 Å². The Kier molecular flexibility index (Phi) is 2.64. The quantitative estimate of drug-likeness (QED) is 0.732. The standard InChI is InChI=1S/C10H17N3/c11-7-3-6-10-8-4-1-2-5-9(8)12-13-10/h1-7,11H2,(H,12,13). The molecule has 3 heteroatoms. The summed E-state index contributed by atoms with van der Waals surface area (Å²) in [5.41, 5.74) is 9.61. The lowest BCUT2D eigenvalue weighted by atomic mass is 9.95. The third-order valence-electron chi connectivity index (χ3n) is 2.76. The van der Waals surface area contributed by atoms with E-state index in [0.717, 1.165) is 19.4 Å². The van der Waals surface area contributed by atoms with Gasteiger partial charge in [0.1, 0.15) is 0 Å². The zero-order chi connectivity index (χ0) is 9.10. The maximum atomic E-state index is 5.48. The molecule has 0 fully saturated rings. The van der Waals surface area contributed by atoms with E-state index in [4.69, 9.17) is 5.73 Å². The minimum Gasteiger partial charge on any atom is -0.330 e. The molecule has 0 bridgehead atoms. The summed E-state index contributed by atoms with van der Waals surface area (Å²) in [5, 5.41) is 7.50. The van der Waals surface area contributed by atoms with Crippen molar-refractivity contribution in [3.8, 4) is 0 Å². The average Bonchev–Trinajstić information content (AvgIpc) is 2.58. The summed E-state index contributed by atoms with van der Waals surface area (Å²) in [6, 6.07) is 0. The largest absolute Gasteiger partial charge is 0.330 e. The van der Waals surface area contributed by atoms with E-state index in [0.29, 0.717) is 0 Å². The van der Waals surface area contributed by atoms with Crippen LogP contribution < -0.4 is 5.73 Å². The SMILES string of the molecule is NCCCc1n[nH]c2c1CCCC2. The van der Waals surface area contributed by atoms with Crippen LogP contribution in [-0.4, -0.2) is 16.7 Å². The minimum absolute atomic E-state index is 0.766. The van der Waals surface area contributed by atoms with E-state index in [1.807, 2.05) is 0 Å². The van der Waals surface area contributed by atoms with Crippen LogP contribution >= 0.6 is 0 Å². The van der Waals surface area contributed by atoms with Crippen LogP contribution in [0, 0.1) is 0 Å². The molecular weight excluding hydrogens is 162 g/mol. The van der Waals surface area contributed by atoms with Crippen molar-refractivity contribution in [1.29, 1.82) is 0 Å². The maximum absolute atomic E-state index is 5.48. The van der Waals surface area contributed by atoms with Crippen molar-refractivity contribution in [2.45, 2.75) is 38.5 Å². The van der Waals surface area contributed by atoms with Crippen molar-refractivity contribution in [3.05, 3.63) is 17.0 Å². The number of nitrogens with two attached hydrogens (primary N) is 1. The molecule has 0 aliphatic heterocycles. The van der Waals surface area contributed by atoms with Gasteiger partial charge in [0.25, 0.3) is 0 Å². The summed E-state index contributed by atoms with van der Waals surface area (Å²) < 4.78 is 0. The molecule has 1 aromatic rings. The average molecular weight is 179 g/mol. The highest BCUT2D eigenvalue weighted by molar-refractivity contribution is 5.27. The molecule has 0 aromatic carbocycles. The highest BCUT2D eigenvalue weighted by Crippen LogP contribution is 2.22. The van der Waals surface area contributed by atoms with Crippen LogP contribution in [0.1, 0.15) is 36.2 Å². The lowest BCUT2D eigenvalue weighted by Gasteiger charge is -2.10. The lowest BCUT2D eigenvalue weighted by Crippen LogP contribution is -2.05. The molecule has 13 heavy (non-hydrogen) atoms. The first kappa shape index (κ1) is 8.75. The number of fused-ring (bicyclic) bond motifs is 1. The van der Waals surface area contributed by atoms with Crippen LogP contribution in [0.25, 0.3) is 0 Å². The van der Waals surface area contributed by atoms with Crippen LogP contribution in [0.15, 0.2) is 0 Å². The van der Waals surface area contributed by atoms with Gasteiger partial charge >= 0.3 is 0 Å². The van der Waals surface area contributed by atoms with E-state index in [1.54, 1.807) is 0 Å². The predicted octanol–water partition coefficient (Wildman–Crippen LogP) is 1.18. The normalized spacial score (nSPS) is 15.8. The van der Waals surface area contributed by atoms with Gasteiger partial charge in [-0.1, -0.05) is 0 Å². The Morgan fingerprint density at radius 1 is 1.31 bits per heavy atom. The molecule has 3 N–H and O–H groups in total. The Hall–Kier alpha value is -0.830. The Labute approximate surface area is 78.7 Å². The molecule has 0 saturated heterocycles. The highest BCUT2D eigenvalue weighted by Gasteiger charge is 2.15. The molecule has 0 spiro atoms. The number of hydrogen-bond acceptors (Lipinski definition) is 2. The summed E-state index contributed by atoms with van der Waals surface area (Å²) in [4.78, 5) is 0. The van der Waals surface area contributed by atoms with E-state index in [9.17, 15) is 0 Å². The molecule has 1 heterocycles. The Balaban J connectivity index is 2.12. The van der Waals surface area contributed by atoms with Gasteiger partial charge in [-0.15, -0.1) is 0 Å². The first-order valence-electron chi connectivity index (χ1n) is 5.17. The summed E-state index contributed by atoms with van der Waals surface area (Å²) in [7, 11) is 0. The van der Waals surface area contributed by atoms with Gasteiger partial charge < -0.3 is 5.73 Å². The van der Waals surface area contributed by atoms with Crippen molar-refractivity contribution in [2.75, 3.05) is 6.54 Å². The van der Waals surface area contributed by atoms with Gasteiger partial charge in [0, 0.05) is 5.69 Å². The van der Waals surface area contributed by atoms with E-state index in [-0.39, 0.29) is 0 Å². The first-order valence-corrected chi connectivity index (χ1v) is 5.17. The number of rotatable bonds is 3. The van der Waals surface area contributed by atoms with Crippen LogP contribution in [0.2, 0.25) is 0 Å². The van der Waals surface area contributed by atoms with Crippen LogP contribution in [0.4, 0.5) is 0 Å². The Morgan fingerprint density at radius 2 is 2.15 bits per heavy atom. The van der Waals surface area contributed by atoms with Crippen molar-refractivity contribution >= 4 is 0 Å². The van der Waals surface area contributed by atoms with Crippen LogP contribution in [0.5, 0.6) is 0 Å². The molecule has 1 aliphatic carbocycles. The molecular formula is C10H17N3. The number of H-pyrrole nitrogens is 1. The summed E-state index contributed by atoms with van der Waals surface area (Å²) in [6.45, 7) is 0.766. The fourth-order valence-corrected chi connectivity index (χ4v) is 2.03. The third kappa shape index (κ3) is 1.75. The van der Waals surface area contributed by atoms with Gasteiger partial charge in [-0.3, -0.25) is 5.10 Å². The second-order valence-electron chi connectivity index (χ2n) is 3.73. The van der Waals surface area contributed by atoms with Crippen LogP contribution in [0.3, 0.4) is 0 Å². The molecule has 1 aromatic heterocycles. The predicted molar refractivity (Wildman–Crippen MR) is 52.6 cm³/mol. The molecule has 0 radical (unpaired) electrons. The second-order valence-corrected chi connectivity index (χ2v) is 3.73. The number of aromatic nitrogens is 2. The first-order chi connectivity index (χ1) is 6.42. The molecule has 3 nitrogen and oxygen atoms in total. The third-order valence-corrected chi connectivity index (χ3v) is 2.76. The zero-order valence-corrected chi connectivity index (χ0v) is 7.97. The van der Waals surface area contributed by atoms with Gasteiger partial charge in [0.05, 0.1) is 5.69 Å². The number of hydrogen-bond donors (Lipinski definition) is 2. The summed E-state index contributed by atoms with van der Waals surface area (Å²) in [5.74, 6) is 0. The number of nitrogens with one attached hydrogen (secondary N) is 1. The maximum Gasteiger partial charge on any atom is 0.0657 e. The molecule has 0 atom stereocenters. The lowest BCUT2D eigenvalue weighted by molar-refractivity contribution is 0.670. The Bertz CT molecular complexity index is 278. The minimum atomic E-state index is 0.766. The number of aryl methyl sites for hydroxylation is 2. The molecule has 0 amide bonds. The highest BCUT2D eigenvalue weighted by atomic mass is 15.1. The summed E-state index contributed by atoms with van der Waals surface area (Å²) >= 11 is 0. The van der Waals surface area contributed by atoms with Crippen molar-refractivity contribution in [3.63, 3.8) is 0 Å². The topological polar surface area (TPSA) is 54.7 Å². The second kappa shape index (κ2) is 3.92. The Morgan fingerprint density at radius 3 is 3.00 bits per heavy atom. The smallest absolute Gasteiger partial charge is 0.0657 e. The van der Waals surface area contributed by atoms with Crippen molar-refractivity contribution in [1.82, 2.24) is 10.2 Å². The molecule has 72 valence electrons. The van der Waals surface area contributed by atoms with Gasteiger partial charge in [0.15, 0.2) is 0 Å². The number of nitrogens with zero attached hydrogens (tertiary/aromatic N) is 1. The van der Waals surface area contributed by atoms with Gasteiger partial charge in [-0.05, 0) is 50.6 Å². The fourth-order valence-electron chi connectivity index (χ4n) is 2.03. The molecule has 0 unspecified atom stereocenters. The molecule has 0 saturated carbocycles. The van der Waals surface area contributed by atoms with E-state index >= 15 is 0 Å². The van der Waals surface area contributed by atoms with E-state index in [1.165, 1.54) is 42.6 Å². The zero-order valence-electron chi connectivity index (χ0n) is 7.97. The monoisotopic (exact) mass is 179 g/mol. The van der Waals surface area contributed by atoms with Gasteiger partial charge in [-0.25, -0.2) is 0 Å². The van der Waals surface area contributed by atoms with Gasteiger partial charge in [0.2, 0.25) is 0 Å². The van der Waals surface area contributed by atoms with Crippen molar-refractivity contribution < 1.29 is 0 Å². The summed E-state index contributed by atoms with van der Waals surface area (Å²) in [6.07, 6.45) is 7.13. The molecule has 2 rings (SSSR count). The van der Waals surface area contributed by atoms with E-state index < -0.39 is 0 Å². The van der Waals surface area contributed by atoms with Gasteiger partial charge in [-0.2, -0.15) is 5.10 Å².